The van der Waals surface area contributed by atoms with E-state index in [-0.39, 0.29) is 24.8 Å². The van der Waals surface area contributed by atoms with Crippen molar-refractivity contribution in [2.75, 3.05) is 39.3 Å². The molecule has 5 nitrogen and oxygen atoms in total. The predicted molar refractivity (Wildman–Crippen MR) is 111 cm³/mol. The van der Waals surface area contributed by atoms with Gasteiger partial charge in [-0.1, -0.05) is 31.4 Å². The molecule has 2 N–H and O–H groups in total. The number of nitrogens with zero attached hydrogens (tertiary/aromatic N) is 1. The lowest BCUT2D eigenvalue weighted by atomic mass is 9.84. The molecule has 2 aliphatic rings. The number of halogens is 2. The van der Waals surface area contributed by atoms with Crippen molar-refractivity contribution in [3.8, 4) is 0 Å². The number of hydrogen-bond donors (Lipinski definition) is 2. The van der Waals surface area contributed by atoms with Crippen LogP contribution >= 0.6 is 24.8 Å². The fraction of sp³-hybridized carbons (Fsp3) is 0.667. The summed E-state index contributed by atoms with van der Waals surface area (Å²) in [4.78, 5) is 2.66. The Morgan fingerprint density at radius 1 is 1.00 bits per heavy atom. The average Bonchev–Trinajstić information content (AvgIpc) is 2.63. The van der Waals surface area contributed by atoms with Crippen LogP contribution in [0.3, 0.4) is 0 Å². The zero-order valence-corrected chi connectivity index (χ0v) is 17.6. The molecule has 0 atom stereocenters. The molecule has 1 aliphatic heterocycles. The van der Waals surface area contributed by atoms with E-state index in [0.717, 1.165) is 32.7 Å². The minimum Gasteiger partial charge on any atom is -0.314 e. The second kappa shape index (κ2) is 11.5. The lowest BCUT2D eigenvalue weighted by Crippen LogP contribution is -2.46. The highest BCUT2D eigenvalue weighted by atomic mass is 35.5. The Hall–Kier alpha value is -0.370. The van der Waals surface area contributed by atoms with E-state index in [0.29, 0.717) is 17.4 Å². The van der Waals surface area contributed by atoms with E-state index < -0.39 is 10.0 Å². The molecule has 3 rings (SSSR count). The first-order chi connectivity index (χ1) is 11.6. The van der Waals surface area contributed by atoms with Crippen LogP contribution in [0.25, 0.3) is 0 Å². The molecule has 0 spiro atoms. The summed E-state index contributed by atoms with van der Waals surface area (Å²) in [7, 11) is -3.40. The first kappa shape index (κ1) is 23.7. The van der Waals surface area contributed by atoms with Gasteiger partial charge < -0.3 is 5.32 Å². The van der Waals surface area contributed by atoms with Crippen molar-refractivity contribution in [3.63, 3.8) is 0 Å². The van der Waals surface area contributed by atoms with Gasteiger partial charge in [0.2, 0.25) is 10.0 Å². The van der Waals surface area contributed by atoms with Crippen LogP contribution in [0.1, 0.15) is 43.6 Å². The van der Waals surface area contributed by atoms with Gasteiger partial charge in [0, 0.05) is 39.3 Å². The molecule has 1 aliphatic carbocycles. The van der Waals surface area contributed by atoms with Crippen LogP contribution in [0.2, 0.25) is 0 Å². The molecule has 1 heterocycles. The van der Waals surface area contributed by atoms with E-state index in [9.17, 15) is 8.42 Å². The summed E-state index contributed by atoms with van der Waals surface area (Å²) in [5.41, 5.74) is 1.29. The van der Waals surface area contributed by atoms with Gasteiger partial charge in [-0.05, 0) is 36.5 Å². The Labute approximate surface area is 170 Å². The third kappa shape index (κ3) is 6.66. The predicted octanol–water partition coefficient (Wildman–Crippen LogP) is 2.76. The van der Waals surface area contributed by atoms with Crippen LogP contribution in [-0.2, 0) is 10.0 Å². The summed E-state index contributed by atoms with van der Waals surface area (Å²) in [6, 6.07) is 7.52. The molecular weight excluding hydrogens is 393 g/mol. The van der Waals surface area contributed by atoms with Crippen LogP contribution in [-0.4, -0.2) is 52.6 Å². The number of hydrogen-bond acceptors (Lipinski definition) is 4. The second-order valence-electron chi connectivity index (χ2n) is 6.89. The van der Waals surface area contributed by atoms with Crippen molar-refractivity contribution in [1.82, 2.24) is 14.9 Å². The monoisotopic (exact) mass is 423 g/mol. The summed E-state index contributed by atoms with van der Waals surface area (Å²) in [5.74, 6) is 0.608. The molecule has 1 saturated heterocycles. The zero-order chi connectivity index (χ0) is 16.8. The summed E-state index contributed by atoms with van der Waals surface area (Å²) in [6.07, 6.45) is 6.38. The Morgan fingerprint density at radius 2 is 1.62 bits per heavy atom. The lowest BCUT2D eigenvalue weighted by Gasteiger charge is -2.27. The van der Waals surface area contributed by atoms with Gasteiger partial charge in [0.15, 0.2) is 0 Å². The van der Waals surface area contributed by atoms with E-state index in [4.69, 9.17) is 0 Å². The van der Waals surface area contributed by atoms with Gasteiger partial charge in [-0.3, -0.25) is 4.90 Å². The molecule has 0 unspecified atom stereocenters. The van der Waals surface area contributed by atoms with E-state index in [2.05, 4.69) is 14.9 Å². The fourth-order valence-electron chi connectivity index (χ4n) is 3.71. The molecule has 2 fully saturated rings. The molecule has 0 radical (unpaired) electrons. The van der Waals surface area contributed by atoms with E-state index in [1.165, 1.54) is 37.7 Å². The number of rotatable bonds is 6. The highest BCUT2D eigenvalue weighted by molar-refractivity contribution is 7.89. The summed E-state index contributed by atoms with van der Waals surface area (Å²) in [5, 5.41) is 3.30. The van der Waals surface area contributed by atoms with Gasteiger partial charge in [-0.2, -0.15) is 0 Å². The van der Waals surface area contributed by atoms with E-state index in [1.54, 1.807) is 12.1 Å². The van der Waals surface area contributed by atoms with E-state index >= 15 is 0 Å². The topological polar surface area (TPSA) is 61.4 Å². The van der Waals surface area contributed by atoms with Crippen LogP contribution in [0.4, 0.5) is 0 Å². The van der Waals surface area contributed by atoms with Crippen LogP contribution in [0.15, 0.2) is 29.2 Å². The maximum Gasteiger partial charge on any atom is 0.240 e. The lowest BCUT2D eigenvalue weighted by molar-refractivity contribution is 0.245. The van der Waals surface area contributed by atoms with Crippen LogP contribution in [0.5, 0.6) is 0 Å². The first-order valence-electron chi connectivity index (χ1n) is 9.18. The molecule has 150 valence electrons. The van der Waals surface area contributed by atoms with Gasteiger partial charge in [0.1, 0.15) is 0 Å². The first-order valence-corrected chi connectivity index (χ1v) is 10.7. The molecule has 0 bridgehead atoms. The number of sulfonamides is 1. The molecule has 1 aromatic carbocycles. The van der Waals surface area contributed by atoms with Crippen molar-refractivity contribution < 1.29 is 8.42 Å². The summed E-state index contributed by atoms with van der Waals surface area (Å²) in [6.45, 7) is 5.16. The SMILES string of the molecule is Cl.Cl.O=S(=O)(NCCN1CCNCC1)c1ccc(C2CCCCC2)cc1. The molecule has 1 aromatic rings. The third-order valence-corrected chi connectivity index (χ3v) is 6.67. The maximum absolute atomic E-state index is 12.4. The van der Waals surface area contributed by atoms with Crippen molar-refractivity contribution >= 4 is 34.8 Å². The largest absolute Gasteiger partial charge is 0.314 e. The Balaban J connectivity index is 0.00000169. The standard InChI is InChI=1S/C18H29N3O2S.2ClH/c22-24(23,20-12-15-21-13-10-19-11-14-21)18-8-6-17(7-9-18)16-4-2-1-3-5-16;;/h6-9,16,19-20H,1-5,10-15H2;2*1H. The Bertz CT molecular complexity index is 614. The Morgan fingerprint density at radius 3 is 2.23 bits per heavy atom. The van der Waals surface area contributed by atoms with Crippen molar-refractivity contribution in [2.24, 2.45) is 0 Å². The van der Waals surface area contributed by atoms with Gasteiger partial charge >= 0.3 is 0 Å². The molecule has 1 saturated carbocycles. The second-order valence-corrected chi connectivity index (χ2v) is 8.66. The number of benzene rings is 1. The normalized spacial score (nSPS) is 19.4. The van der Waals surface area contributed by atoms with Crippen LogP contribution < -0.4 is 10.0 Å². The smallest absolute Gasteiger partial charge is 0.240 e. The van der Waals surface area contributed by atoms with Crippen molar-refractivity contribution in [3.05, 3.63) is 29.8 Å². The molecule has 0 aromatic heterocycles. The summed E-state index contributed by atoms with van der Waals surface area (Å²) >= 11 is 0. The van der Waals surface area contributed by atoms with Crippen molar-refractivity contribution in [2.45, 2.75) is 42.9 Å². The molecule has 26 heavy (non-hydrogen) atoms. The van der Waals surface area contributed by atoms with Crippen molar-refractivity contribution in [1.29, 1.82) is 0 Å². The third-order valence-electron chi connectivity index (χ3n) is 5.20. The maximum atomic E-state index is 12.4. The highest BCUT2D eigenvalue weighted by Gasteiger charge is 2.18. The minimum atomic E-state index is -3.40. The van der Waals surface area contributed by atoms with Gasteiger partial charge in [-0.25, -0.2) is 13.1 Å². The zero-order valence-electron chi connectivity index (χ0n) is 15.2. The van der Waals surface area contributed by atoms with Gasteiger partial charge in [-0.15, -0.1) is 24.8 Å². The average molecular weight is 424 g/mol. The molecule has 8 heteroatoms. The van der Waals surface area contributed by atoms with E-state index in [1.807, 2.05) is 12.1 Å². The fourth-order valence-corrected chi connectivity index (χ4v) is 4.73. The number of piperazine rings is 1. The highest BCUT2D eigenvalue weighted by Crippen LogP contribution is 2.32. The molecular formula is C18H31Cl2N3O2S. The van der Waals surface area contributed by atoms with Gasteiger partial charge in [0.05, 0.1) is 4.90 Å². The molecule has 0 amide bonds. The van der Waals surface area contributed by atoms with Gasteiger partial charge in [0.25, 0.3) is 0 Å². The Kier molecular flexibility index (Phi) is 10.4. The number of nitrogens with one attached hydrogen (secondary N) is 2. The van der Waals surface area contributed by atoms with Crippen LogP contribution in [0, 0.1) is 0 Å². The minimum absolute atomic E-state index is 0. The quantitative estimate of drug-likeness (QED) is 0.737. The summed E-state index contributed by atoms with van der Waals surface area (Å²) < 4.78 is 27.6.